The highest BCUT2D eigenvalue weighted by Gasteiger charge is 2.79. The van der Waals surface area contributed by atoms with Crippen molar-refractivity contribution in [1.29, 1.82) is 0 Å². The third-order valence-corrected chi connectivity index (χ3v) is 11.9. The van der Waals surface area contributed by atoms with Gasteiger partial charge in [0.2, 0.25) is 0 Å². The summed E-state index contributed by atoms with van der Waals surface area (Å²) in [7, 11) is 0. The van der Waals surface area contributed by atoms with Crippen LogP contribution >= 0.6 is 0 Å². The Morgan fingerprint density at radius 1 is 1.15 bits per heavy atom. The smallest absolute Gasteiger partial charge is 0.193 e. The summed E-state index contributed by atoms with van der Waals surface area (Å²) in [4.78, 5) is 30.5. The number of ketones is 2. The summed E-state index contributed by atoms with van der Waals surface area (Å²) in [5, 5.41) is 28.6. The molecule has 3 saturated carbocycles. The van der Waals surface area contributed by atoms with E-state index in [1.807, 2.05) is 31.2 Å². The predicted molar refractivity (Wildman–Crippen MR) is 174 cm³/mol. The zero-order valence-electron chi connectivity index (χ0n) is 27.3. The van der Waals surface area contributed by atoms with Crippen molar-refractivity contribution in [3.63, 3.8) is 0 Å². The van der Waals surface area contributed by atoms with Gasteiger partial charge >= 0.3 is 0 Å². The number of carbonyl (C=O) groups excluding carboxylic acids is 2. The summed E-state index contributed by atoms with van der Waals surface area (Å²) in [6.07, 6.45) is 4.30. The normalized spacial score (nSPS) is 38.7. The van der Waals surface area contributed by atoms with Crippen LogP contribution in [0.25, 0.3) is 0 Å². The summed E-state index contributed by atoms with van der Waals surface area (Å²) in [6.45, 7) is 7.66. The Balaban J connectivity index is 1.11. The van der Waals surface area contributed by atoms with Gasteiger partial charge in [0.1, 0.15) is 12.4 Å². The van der Waals surface area contributed by atoms with Crippen LogP contribution < -0.4 is 10.6 Å². The lowest BCUT2D eigenvalue weighted by Crippen LogP contribution is -2.69. The number of fused-ring (bicyclic) bond motifs is 7. The van der Waals surface area contributed by atoms with E-state index in [0.29, 0.717) is 48.8 Å². The number of benzene rings is 1. The first kappa shape index (κ1) is 32.1. The number of nitrogens with zero attached hydrogens (tertiary/aromatic N) is 1. The van der Waals surface area contributed by atoms with Gasteiger partial charge in [-0.25, -0.2) is 9.37 Å². The maximum absolute atomic E-state index is 17.6. The lowest BCUT2D eigenvalue weighted by Gasteiger charge is -2.62. The number of ether oxygens (including phenoxy) is 2. The average Bonchev–Trinajstić information content (AvgIpc) is 3.54. The highest BCUT2D eigenvalue weighted by molar-refractivity contribution is 6.01. The van der Waals surface area contributed by atoms with Gasteiger partial charge in [0.25, 0.3) is 0 Å². The number of anilines is 2. The van der Waals surface area contributed by atoms with Crippen LogP contribution in [-0.2, 0) is 25.6 Å². The fraction of sp³-hybridized carbons (Fsp3) is 0.541. The zero-order chi connectivity index (χ0) is 33.4. The largest absolute Gasteiger partial charge is 0.390 e. The van der Waals surface area contributed by atoms with E-state index < -0.39 is 58.9 Å². The van der Waals surface area contributed by atoms with Gasteiger partial charge in [0.05, 0.1) is 12.2 Å². The lowest BCUT2D eigenvalue weighted by molar-refractivity contribution is -0.231. The minimum atomic E-state index is -2.04. The van der Waals surface area contributed by atoms with Gasteiger partial charge in [-0.1, -0.05) is 30.7 Å². The van der Waals surface area contributed by atoms with Gasteiger partial charge in [-0.05, 0) is 94.4 Å². The van der Waals surface area contributed by atoms with Crippen molar-refractivity contribution in [2.24, 2.45) is 22.7 Å². The molecule has 4 aliphatic carbocycles. The predicted octanol–water partition coefficient (Wildman–Crippen LogP) is 5.21. The number of aliphatic hydroxyl groups excluding tert-OH is 2. The molecule has 9 nitrogen and oxygen atoms in total. The zero-order valence-corrected chi connectivity index (χ0v) is 27.3. The Hall–Kier alpha value is -3.44. The van der Waals surface area contributed by atoms with Crippen LogP contribution in [0.2, 0.25) is 0 Å². The first-order valence-electron chi connectivity index (χ1n) is 16.7. The number of aromatic nitrogens is 1. The molecule has 9 atom stereocenters. The van der Waals surface area contributed by atoms with Gasteiger partial charge in [-0.3, -0.25) is 9.59 Å². The van der Waals surface area contributed by atoms with Crippen molar-refractivity contribution in [2.75, 3.05) is 17.2 Å². The van der Waals surface area contributed by atoms with Crippen LogP contribution in [0.4, 0.5) is 15.9 Å². The fourth-order valence-corrected chi connectivity index (χ4v) is 9.62. The summed E-state index contributed by atoms with van der Waals surface area (Å²) in [6, 6.07) is 12.2. The topological polar surface area (TPSA) is 130 Å². The van der Waals surface area contributed by atoms with Gasteiger partial charge < -0.3 is 30.3 Å². The number of hydrogen-bond acceptors (Lipinski definition) is 9. The van der Waals surface area contributed by atoms with Crippen LogP contribution in [0, 0.1) is 22.7 Å². The molecule has 10 heteroatoms. The van der Waals surface area contributed by atoms with Gasteiger partial charge in [-0.2, -0.15) is 0 Å². The maximum Gasteiger partial charge on any atom is 0.193 e. The van der Waals surface area contributed by atoms with E-state index in [9.17, 15) is 19.8 Å². The van der Waals surface area contributed by atoms with Crippen LogP contribution in [0.5, 0.6) is 0 Å². The third kappa shape index (κ3) is 4.66. The van der Waals surface area contributed by atoms with Gasteiger partial charge in [0.15, 0.2) is 29.1 Å². The second kappa shape index (κ2) is 11.3. The van der Waals surface area contributed by atoms with E-state index in [4.69, 9.17) is 9.47 Å². The van der Waals surface area contributed by atoms with E-state index in [0.717, 1.165) is 11.3 Å². The van der Waals surface area contributed by atoms with Crippen LogP contribution in [-0.4, -0.2) is 62.9 Å². The molecule has 1 aromatic heterocycles. The number of hydrogen-bond donors (Lipinski definition) is 4. The second-order valence-electron chi connectivity index (χ2n) is 14.7. The average molecular weight is 646 g/mol. The fourth-order valence-electron chi connectivity index (χ4n) is 9.62. The molecular formula is C37H44FN3O6. The minimum absolute atomic E-state index is 0.0523. The van der Waals surface area contributed by atoms with Gasteiger partial charge in [-0.15, -0.1) is 0 Å². The highest BCUT2D eigenvalue weighted by atomic mass is 19.1. The van der Waals surface area contributed by atoms with Crippen molar-refractivity contribution in [3.05, 3.63) is 77.5 Å². The molecule has 47 heavy (non-hydrogen) atoms. The van der Waals surface area contributed by atoms with Crippen LogP contribution in [0.3, 0.4) is 0 Å². The monoisotopic (exact) mass is 645 g/mol. The molecule has 5 aliphatic rings. The van der Waals surface area contributed by atoms with Gasteiger partial charge in [0, 0.05) is 46.8 Å². The highest BCUT2D eigenvalue weighted by Crippen LogP contribution is 2.72. The summed E-state index contributed by atoms with van der Waals surface area (Å²) < 4.78 is 30.6. The van der Waals surface area contributed by atoms with E-state index >= 15 is 4.39 Å². The Bertz CT molecular complexity index is 1630. The number of alkyl halides is 1. The molecule has 1 aliphatic heterocycles. The van der Waals surface area contributed by atoms with Crippen LogP contribution in [0.15, 0.2) is 66.4 Å². The van der Waals surface area contributed by atoms with Crippen molar-refractivity contribution >= 4 is 23.1 Å². The van der Waals surface area contributed by atoms with Crippen molar-refractivity contribution in [2.45, 2.75) is 95.7 Å². The second-order valence-corrected chi connectivity index (χ2v) is 14.7. The Morgan fingerprint density at radius 2 is 1.91 bits per heavy atom. The number of allylic oxidation sites excluding steroid dienone is 4. The molecule has 1 aromatic carbocycles. The Kier molecular flexibility index (Phi) is 7.74. The first-order valence-corrected chi connectivity index (χ1v) is 16.7. The molecule has 7 rings (SSSR count). The summed E-state index contributed by atoms with van der Waals surface area (Å²) in [5.74, 6) is -1.00. The van der Waals surface area contributed by atoms with E-state index in [2.05, 4.69) is 41.6 Å². The third-order valence-electron chi connectivity index (χ3n) is 11.9. The molecular weight excluding hydrogens is 601 g/mol. The number of nitrogens with one attached hydrogen (secondary N) is 2. The standard InChI is InChI=1S/C37H44FN3O6/c1-21(2)41-25-9-5-22(6-10-25)18-39-32-12-7-23(19-40-32)33-46-31-16-28-27-11-8-24-15-26(43)13-14-34(24,3)36(27,38)29(44)17-35(28,4)37(31,47-33)30(45)20-42/h5-7,9-10,12-15,19,21,27-29,31,33,41-42,44H,8,11,16-18,20H2,1-4H3,(H,39,40)/t27-,28-,29-,31+,33+,34-,35-,36-,37+/m0/s1. The minimum Gasteiger partial charge on any atom is -0.390 e. The number of rotatable bonds is 8. The number of aliphatic hydroxyl groups is 2. The SMILES string of the molecule is CC(C)Nc1ccc(CNc2ccc([C@@H]3O[C@@H]4C[C@H]5[C@@H]6CCC7=CC(=O)C=C[C@]7(C)[C@@]6(F)[C@@H](O)C[C@]5(C)[C@]4(C(=O)CO)O3)cn2)cc1. The molecule has 0 spiro atoms. The Morgan fingerprint density at radius 3 is 2.60 bits per heavy atom. The summed E-state index contributed by atoms with van der Waals surface area (Å²) in [5.41, 5.74) is -2.28. The lowest BCUT2D eigenvalue weighted by atomic mass is 9.44. The van der Waals surface area contributed by atoms with Crippen molar-refractivity contribution in [1.82, 2.24) is 4.98 Å². The molecule has 2 aromatic rings. The number of Topliss-reactive ketones (excluding diaryl/α,β-unsaturated/α-hetero) is 1. The molecule has 0 radical (unpaired) electrons. The molecule has 0 amide bonds. The number of carbonyl (C=O) groups is 2. The van der Waals surface area contributed by atoms with E-state index in [1.54, 1.807) is 19.2 Å². The van der Waals surface area contributed by atoms with Crippen LogP contribution in [0.1, 0.15) is 70.8 Å². The first-order chi connectivity index (χ1) is 22.4. The molecule has 2 heterocycles. The number of halogens is 1. The quantitative estimate of drug-likeness (QED) is 0.306. The molecule has 4 N–H and O–H groups in total. The Labute approximate surface area is 274 Å². The summed E-state index contributed by atoms with van der Waals surface area (Å²) >= 11 is 0. The molecule has 0 bridgehead atoms. The molecule has 4 fully saturated rings. The van der Waals surface area contributed by atoms with E-state index in [1.165, 1.54) is 12.2 Å². The molecule has 1 saturated heterocycles. The maximum atomic E-state index is 17.6. The number of pyridine rings is 1. The van der Waals surface area contributed by atoms with Crippen molar-refractivity contribution in [3.8, 4) is 0 Å². The molecule has 250 valence electrons. The molecule has 0 unspecified atom stereocenters. The van der Waals surface area contributed by atoms with Crippen molar-refractivity contribution < 1.29 is 33.7 Å². The van der Waals surface area contributed by atoms with E-state index in [-0.39, 0.29) is 18.1 Å².